The first-order valence-corrected chi connectivity index (χ1v) is 8.61. The number of nitrogens with one attached hydrogen (secondary N) is 2. The molecule has 1 saturated heterocycles. The van der Waals surface area contributed by atoms with Crippen molar-refractivity contribution in [1.29, 1.82) is 0 Å². The molecule has 8 heteroatoms. The Balaban J connectivity index is 1.75. The van der Waals surface area contributed by atoms with Crippen molar-refractivity contribution in [2.45, 2.75) is 37.4 Å². The molecule has 0 bridgehead atoms. The van der Waals surface area contributed by atoms with Gasteiger partial charge in [0, 0.05) is 31.8 Å². The molecule has 0 unspecified atom stereocenters. The molecular formula is C17H25ClN2O5. The van der Waals surface area contributed by atoms with Crippen LogP contribution in [0.1, 0.15) is 12.0 Å². The predicted octanol–water partition coefficient (Wildman–Crippen LogP) is 0.0715. The highest BCUT2D eigenvalue weighted by atomic mass is 35.5. The van der Waals surface area contributed by atoms with Gasteiger partial charge >= 0.3 is 0 Å². The minimum atomic E-state index is -1.09. The molecule has 2 rings (SSSR count). The predicted molar refractivity (Wildman–Crippen MR) is 93.3 cm³/mol. The number of aliphatic hydroxyl groups is 2. The van der Waals surface area contributed by atoms with E-state index in [2.05, 4.69) is 10.6 Å². The second-order valence-electron chi connectivity index (χ2n) is 6.00. The lowest BCUT2D eigenvalue weighted by Crippen LogP contribution is -2.38. The molecular weight excluding hydrogens is 348 g/mol. The molecule has 1 amide bonds. The molecule has 7 nitrogen and oxygen atoms in total. The molecule has 1 aromatic rings. The second kappa shape index (κ2) is 10.1. The highest BCUT2D eigenvalue weighted by Crippen LogP contribution is 2.23. The maximum Gasteiger partial charge on any atom is 0.222 e. The lowest BCUT2D eigenvalue weighted by molar-refractivity contribution is -0.125. The molecule has 1 aromatic carbocycles. The van der Waals surface area contributed by atoms with Gasteiger partial charge in [-0.15, -0.1) is 0 Å². The van der Waals surface area contributed by atoms with Crippen LogP contribution in [0.4, 0.5) is 0 Å². The summed E-state index contributed by atoms with van der Waals surface area (Å²) in [6.45, 7) is 1.72. The van der Waals surface area contributed by atoms with Crippen molar-refractivity contribution < 1.29 is 24.5 Å². The van der Waals surface area contributed by atoms with Crippen LogP contribution in [-0.2, 0) is 20.8 Å². The van der Waals surface area contributed by atoms with E-state index < -0.39 is 24.4 Å². The molecule has 4 N–H and O–H groups in total. The van der Waals surface area contributed by atoms with Crippen molar-refractivity contribution in [2.75, 3.05) is 26.8 Å². The smallest absolute Gasteiger partial charge is 0.222 e. The monoisotopic (exact) mass is 372 g/mol. The van der Waals surface area contributed by atoms with Gasteiger partial charge in [-0.25, -0.2) is 0 Å². The number of aliphatic hydroxyl groups excluding tert-OH is 2. The maximum absolute atomic E-state index is 11.8. The molecule has 140 valence electrons. The third kappa shape index (κ3) is 6.22. The van der Waals surface area contributed by atoms with Gasteiger partial charge in [0.25, 0.3) is 0 Å². The van der Waals surface area contributed by atoms with Gasteiger partial charge in [-0.3, -0.25) is 4.79 Å². The molecule has 0 aromatic heterocycles. The van der Waals surface area contributed by atoms with E-state index in [0.717, 1.165) is 5.56 Å². The van der Waals surface area contributed by atoms with E-state index in [-0.39, 0.29) is 12.3 Å². The van der Waals surface area contributed by atoms with Crippen molar-refractivity contribution in [3.63, 3.8) is 0 Å². The van der Waals surface area contributed by atoms with E-state index in [1.54, 1.807) is 13.2 Å². The SMILES string of the molecule is COCCNC(=O)C[C@H]1O[C@H](CNCc2cccc(Cl)c2)[C@@H](O)[C@H]1O. The Kier molecular flexibility index (Phi) is 8.08. The van der Waals surface area contributed by atoms with Gasteiger partial charge in [0.2, 0.25) is 5.91 Å². The van der Waals surface area contributed by atoms with Crippen LogP contribution in [0.15, 0.2) is 24.3 Å². The minimum Gasteiger partial charge on any atom is -0.388 e. The van der Waals surface area contributed by atoms with Crippen LogP contribution in [0.5, 0.6) is 0 Å². The van der Waals surface area contributed by atoms with Crippen molar-refractivity contribution in [3.8, 4) is 0 Å². The first-order chi connectivity index (χ1) is 12.0. The maximum atomic E-state index is 11.8. The van der Waals surface area contributed by atoms with E-state index in [1.807, 2.05) is 18.2 Å². The molecule has 1 fully saturated rings. The van der Waals surface area contributed by atoms with Gasteiger partial charge in [-0.1, -0.05) is 23.7 Å². The van der Waals surface area contributed by atoms with Crippen molar-refractivity contribution >= 4 is 17.5 Å². The summed E-state index contributed by atoms with van der Waals surface area (Å²) in [6, 6.07) is 7.45. The van der Waals surface area contributed by atoms with Gasteiger partial charge in [0.1, 0.15) is 12.2 Å². The van der Waals surface area contributed by atoms with Gasteiger partial charge in [0.05, 0.1) is 25.2 Å². The molecule has 0 saturated carbocycles. The number of ether oxygens (including phenoxy) is 2. The van der Waals surface area contributed by atoms with Gasteiger partial charge < -0.3 is 30.3 Å². The van der Waals surface area contributed by atoms with Crippen LogP contribution < -0.4 is 10.6 Å². The molecule has 25 heavy (non-hydrogen) atoms. The third-order valence-electron chi connectivity index (χ3n) is 4.04. The first-order valence-electron chi connectivity index (χ1n) is 8.23. The van der Waals surface area contributed by atoms with Gasteiger partial charge in [-0.05, 0) is 17.7 Å². The van der Waals surface area contributed by atoms with Crippen LogP contribution in [0.2, 0.25) is 5.02 Å². The van der Waals surface area contributed by atoms with Crippen LogP contribution in [0.25, 0.3) is 0 Å². The highest BCUT2D eigenvalue weighted by Gasteiger charge is 2.42. The number of hydrogen-bond acceptors (Lipinski definition) is 6. The van der Waals surface area contributed by atoms with Crippen LogP contribution in [-0.4, -0.2) is 67.3 Å². The van der Waals surface area contributed by atoms with Crippen LogP contribution >= 0.6 is 11.6 Å². The number of benzene rings is 1. The number of carbonyl (C=O) groups excluding carboxylic acids is 1. The standard InChI is InChI=1S/C17H25ClN2O5/c1-24-6-5-20-15(21)8-13-16(22)17(23)14(25-13)10-19-9-11-3-2-4-12(18)7-11/h2-4,7,13-14,16-17,19,22-23H,5-6,8-10H2,1H3,(H,20,21)/t13-,14-,16+,17-/m1/s1. The number of rotatable bonds is 9. The summed E-state index contributed by atoms with van der Waals surface area (Å²) in [7, 11) is 1.55. The molecule has 1 heterocycles. The largest absolute Gasteiger partial charge is 0.388 e. The zero-order valence-corrected chi connectivity index (χ0v) is 14.9. The van der Waals surface area contributed by atoms with Crippen LogP contribution in [0, 0.1) is 0 Å². The Morgan fingerprint density at radius 1 is 1.32 bits per heavy atom. The summed E-state index contributed by atoms with van der Waals surface area (Å²) in [5.74, 6) is -0.249. The lowest BCUT2D eigenvalue weighted by atomic mass is 10.1. The summed E-state index contributed by atoms with van der Waals surface area (Å²) in [5.41, 5.74) is 1.01. The number of methoxy groups -OCH3 is 1. The van der Waals surface area contributed by atoms with Crippen LogP contribution in [0.3, 0.4) is 0 Å². The van der Waals surface area contributed by atoms with E-state index in [4.69, 9.17) is 21.1 Å². The Labute approximate surface area is 152 Å². The minimum absolute atomic E-state index is 0.00721. The molecule has 0 aliphatic carbocycles. The van der Waals surface area contributed by atoms with Crippen molar-refractivity contribution in [3.05, 3.63) is 34.9 Å². The fourth-order valence-electron chi connectivity index (χ4n) is 2.72. The Morgan fingerprint density at radius 3 is 2.80 bits per heavy atom. The second-order valence-corrected chi connectivity index (χ2v) is 6.44. The van der Waals surface area contributed by atoms with E-state index in [1.165, 1.54) is 0 Å². The third-order valence-corrected chi connectivity index (χ3v) is 4.28. The fourth-order valence-corrected chi connectivity index (χ4v) is 2.93. The van der Waals surface area contributed by atoms with Gasteiger partial charge in [0.15, 0.2) is 0 Å². The highest BCUT2D eigenvalue weighted by molar-refractivity contribution is 6.30. The average Bonchev–Trinajstić information content (AvgIpc) is 2.83. The summed E-state index contributed by atoms with van der Waals surface area (Å²) in [5, 5.41) is 26.7. The van der Waals surface area contributed by atoms with Crippen molar-refractivity contribution in [1.82, 2.24) is 10.6 Å². The Morgan fingerprint density at radius 2 is 2.08 bits per heavy atom. The summed E-state index contributed by atoms with van der Waals surface area (Å²) >= 11 is 5.93. The van der Waals surface area contributed by atoms with E-state index in [9.17, 15) is 15.0 Å². The Bertz CT molecular complexity index is 560. The topological polar surface area (TPSA) is 100 Å². The normalized spacial score (nSPS) is 25.9. The van der Waals surface area contributed by atoms with Gasteiger partial charge in [-0.2, -0.15) is 0 Å². The molecule has 4 atom stereocenters. The van der Waals surface area contributed by atoms with E-state index in [0.29, 0.717) is 31.3 Å². The zero-order valence-electron chi connectivity index (χ0n) is 14.2. The molecule has 1 aliphatic heterocycles. The summed E-state index contributed by atoms with van der Waals surface area (Å²) in [6.07, 6.45) is -3.44. The summed E-state index contributed by atoms with van der Waals surface area (Å²) < 4.78 is 10.5. The summed E-state index contributed by atoms with van der Waals surface area (Å²) in [4.78, 5) is 11.8. The Hall–Kier alpha value is -1.22. The number of hydrogen-bond donors (Lipinski definition) is 4. The number of halogens is 1. The number of carbonyl (C=O) groups is 1. The first kappa shape index (κ1) is 20.1. The molecule has 0 radical (unpaired) electrons. The zero-order chi connectivity index (χ0) is 18.2. The van der Waals surface area contributed by atoms with E-state index >= 15 is 0 Å². The quantitative estimate of drug-likeness (QED) is 0.458. The molecule has 1 aliphatic rings. The lowest BCUT2D eigenvalue weighted by Gasteiger charge is -2.15. The number of amides is 1. The van der Waals surface area contributed by atoms with Crippen molar-refractivity contribution in [2.24, 2.45) is 0 Å². The molecule has 0 spiro atoms. The average molecular weight is 373 g/mol. The fraction of sp³-hybridized carbons (Fsp3) is 0.588.